The van der Waals surface area contributed by atoms with Crippen molar-refractivity contribution < 1.29 is 0 Å². The molecule has 0 spiro atoms. The number of rotatable bonds is 9. The summed E-state index contributed by atoms with van der Waals surface area (Å²) in [6, 6.07) is 0. The minimum Gasteiger partial charge on any atom is -0.128 e. The first-order valence-electron chi connectivity index (χ1n) is 7.53. The zero-order valence-corrected chi connectivity index (χ0v) is 13.7. The number of unbranched alkanes of at least 4 members (excludes halogenated alkanes) is 3. The molecule has 0 bridgehead atoms. The van der Waals surface area contributed by atoms with E-state index in [4.69, 9.17) is 11.6 Å². The fourth-order valence-corrected chi connectivity index (χ4v) is 3.95. The average molecular weight is 287 g/mol. The first-order valence-corrected chi connectivity index (χ1v) is 8.72. The van der Waals surface area contributed by atoms with Gasteiger partial charge in [-0.2, -0.15) is 0 Å². The van der Waals surface area contributed by atoms with Gasteiger partial charge in [0.1, 0.15) is 0 Å². The molecule has 0 aliphatic heterocycles. The molecule has 1 aromatic rings. The maximum atomic E-state index is 6.46. The quantitative estimate of drug-likeness (QED) is 0.491. The summed E-state index contributed by atoms with van der Waals surface area (Å²) < 4.78 is 1.07. The Balaban J connectivity index is 2.86. The van der Waals surface area contributed by atoms with E-state index >= 15 is 0 Å². The third-order valence-electron chi connectivity index (χ3n) is 3.47. The Morgan fingerprint density at radius 1 is 0.778 bits per heavy atom. The van der Waals surface area contributed by atoms with E-state index < -0.39 is 0 Å². The van der Waals surface area contributed by atoms with E-state index in [1.54, 1.807) is 10.4 Å². The minimum absolute atomic E-state index is 1.07. The summed E-state index contributed by atoms with van der Waals surface area (Å²) in [7, 11) is 0. The van der Waals surface area contributed by atoms with Crippen LogP contribution in [-0.4, -0.2) is 0 Å². The van der Waals surface area contributed by atoms with Gasteiger partial charge >= 0.3 is 0 Å². The van der Waals surface area contributed by atoms with Gasteiger partial charge in [0.25, 0.3) is 0 Å². The molecule has 0 aliphatic rings. The van der Waals surface area contributed by atoms with Gasteiger partial charge in [-0.25, -0.2) is 0 Å². The summed E-state index contributed by atoms with van der Waals surface area (Å²) >= 11 is 8.31. The van der Waals surface area contributed by atoms with Crippen molar-refractivity contribution in [1.29, 1.82) is 0 Å². The van der Waals surface area contributed by atoms with Crippen LogP contribution >= 0.6 is 22.9 Å². The summed E-state index contributed by atoms with van der Waals surface area (Å²) in [5.74, 6) is 0. The smallest absolute Gasteiger partial charge is 0.0965 e. The predicted octanol–water partition coefficient (Wildman–Crippen LogP) is 6.43. The second kappa shape index (κ2) is 8.98. The molecule has 2 heteroatoms. The monoisotopic (exact) mass is 286 g/mol. The molecule has 0 saturated carbocycles. The van der Waals surface area contributed by atoms with E-state index in [2.05, 4.69) is 20.8 Å². The maximum absolute atomic E-state index is 6.46. The van der Waals surface area contributed by atoms with Crippen molar-refractivity contribution in [3.8, 4) is 0 Å². The standard InChI is InChI=1S/C16H27ClS/c1-4-7-10-13-14(11-8-5-2)16(17)18-15(13)12-9-6-3/h4-12H2,1-3H3. The number of hydrogen-bond donors (Lipinski definition) is 0. The molecule has 0 radical (unpaired) electrons. The summed E-state index contributed by atoms with van der Waals surface area (Å²) in [5, 5.41) is 0. The van der Waals surface area contributed by atoms with Crippen molar-refractivity contribution in [3.05, 3.63) is 20.3 Å². The van der Waals surface area contributed by atoms with Crippen LogP contribution in [0.4, 0.5) is 0 Å². The largest absolute Gasteiger partial charge is 0.128 e. The van der Waals surface area contributed by atoms with Crippen LogP contribution in [0.2, 0.25) is 4.34 Å². The molecule has 0 aromatic carbocycles. The number of halogens is 1. The molecule has 1 heterocycles. The SMILES string of the molecule is CCCCc1sc(Cl)c(CCCC)c1CCCC. The number of hydrogen-bond acceptors (Lipinski definition) is 1. The normalized spacial score (nSPS) is 11.1. The van der Waals surface area contributed by atoms with E-state index in [0.717, 1.165) is 4.34 Å². The van der Waals surface area contributed by atoms with E-state index in [9.17, 15) is 0 Å². The van der Waals surface area contributed by atoms with Gasteiger partial charge in [-0.1, -0.05) is 51.6 Å². The van der Waals surface area contributed by atoms with Gasteiger partial charge in [0, 0.05) is 4.88 Å². The fraction of sp³-hybridized carbons (Fsp3) is 0.750. The molecular formula is C16H27ClS. The lowest BCUT2D eigenvalue weighted by Crippen LogP contribution is -1.95. The molecule has 0 saturated heterocycles. The summed E-state index contributed by atoms with van der Waals surface area (Å²) in [5.41, 5.74) is 3.08. The fourth-order valence-electron chi connectivity index (χ4n) is 2.30. The highest BCUT2D eigenvalue weighted by Crippen LogP contribution is 2.36. The molecule has 0 aliphatic carbocycles. The van der Waals surface area contributed by atoms with Crippen LogP contribution in [-0.2, 0) is 19.3 Å². The van der Waals surface area contributed by atoms with Crippen molar-refractivity contribution >= 4 is 22.9 Å². The second-order valence-corrected chi connectivity index (χ2v) is 6.77. The maximum Gasteiger partial charge on any atom is 0.0965 e. The molecule has 18 heavy (non-hydrogen) atoms. The molecule has 1 rings (SSSR count). The first-order chi connectivity index (χ1) is 8.74. The van der Waals surface area contributed by atoms with Gasteiger partial charge in [-0.3, -0.25) is 0 Å². The molecule has 104 valence electrons. The van der Waals surface area contributed by atoms with Crippen molar-refractivity contribution in [3.63, 3.8) is 0 Å². The lowest BCUT2D eigenvalue weighted by Gasteiger charge is -2.07. The van der Waals surface area contributed by atoms with Crippen molar-refractivity contribution in [2.24, 2.45) is 0 Å². The van der Waals surface area contributed by atoms with Gasteiger partial charge < -0.3 is 0 Å². The van der Waals surface area contributed by atoms with Crippen molar-refractivity contribution in [2.45, 2.75) is 78.6 Å². The molecular weight excluding hydrogens is 260 g/mol. The summed E-state index contributed by atoms with van der Waals surface area (Å²) in [6.07, 6.45) is 11.3. The number of aryl methyl sites for hydroxylation is 1. The van der Waals surface area contributed by atoms with Crippen LogP contribution in [0.1, 0.15) is 75.3 Å². The predicted molar refractivity (Wildman–Crippen MR) is 85.2 cm³/mol. The average Bonchev–Trinajstić information content (AvgIpc) is 2.67. The van der Waals surface area contributed by atoms with E-state index in [1.807, 2.05) is 11.3 Å². The van der Waals surface area contributed by atoms with Crippen molar-refractivity contribution in [1.82, 2.24) is 0 Å². The Bertz CT molecular complexity index is 341. The van der Waals surface area contributed by atoms with E-state index in [-0.39, 0.29) is 0 Å². The van der Waals surface area contributed by atoms with Gasteiger partial charge in [0.2, 0.25) is 0 Å². The van der Waals surface area contributed by atoms with Gasteiger partial charge in [-0.05, 0) is 49.7 Å². The highest BCUT2D eigenvalue weighted by atomic mass is 35.5. The van der Waals surface area contributed by atoms with Gasteiger partial charge in [0.15, 0.2) is 0 Å². The third-order valence-corrected chi connectivity index (χ3v) is 5.05. The molecule has 0 fully saturated rings. The third kappa shape index (κ3) is 4.59. The van der Waals surface area contributed by atoms with Crippen LogP contribution < -0.4 is 0 Å². The molecule has 0 nitrogen and oxygen atoms in total. The van der Waals surface area contributed by atoms with Gasteiger partial charge in [-0.15, -0.1) is 11.3 Å². The van der Waals surface area contributed by atoms with Crippen LogP contribution in [0, 0.1) is 0 Å². The Morgan fingerprint density at radius 3 is 1.83 bits per heavy atom. The van der Waals surface area contributed by atoms with Crippen molar-refractivity contribution in [2.75, 3.05) is 0 Å². The zero-order valence-electron chi connectivity index (χ0n) is 12.2. The lowest BCUT2D eigenvalue weighted by molar-refractivity contribution is 0.745. The topological polar surface area (TPSA) is 0 Å². The minimum atomic E-state index is 1.07. The van der Waals surface area contributed by atoms with Crippen LogP contribution in [0.5, 0.6) is 0 Å². The molecule has 0 unspecified atom stereocenters. The summed E-state index contributed by atoms with van der Waals surface area (Å²) in [4.78, 5) is 1.57. The molecule has 0 N–H and O–H groups in total. The van der Waals surface area contributed by atoms with Crippen LogP contribution in [0.3, 0.4) is 0 Å². The Morgan fingerprint density at radius 2 is 1.28 bits per heavy atom. The Kier molecular flexibility index (Phi) is 8.01. The highest BCUT2D eigenvalue weighted by Gasteiger charge is 2.15. The highest BCUT2D eigenvalue weighted by molar-refractivity contribution is 7.16. The van der Waals surface area contributed by atoms with E-state index in [1.165, 1.54) is 63.4 Å². The zero-order chi connectivity index (χ0) is 13.4. The molecule has 0 amide bonds. The lowest BCUT2D eigenvalue weighted by atomic mass is 9.99. The van der Waals surface area contributed by atoms with E-state index in [0.29, 0.717) is 0 Å². The molecule has 0 atom stereocenters. The van der Waals surface area contributed by atoms with Crippen LogP contribution in [0.15, 0.2) is 0 Å². The molecule has 1 aromatic heterocycles. The van der Waals surface area contributed by atoms with Crippen LogP contribution in [0.25, 0.3) is 0 Å². The number of thiophene rings is 1. The first kappa shape index (κ1) is 16.0. The summed E-state index contributed by atoms with van der Waals surface area (Å²) in [6.45, 7) is 6.79. The van der Waals surface area contributed by atoms with Gasteiger partial charge in [0.05, 0.1) is 4.34 Å². The second-order valence-electron chi connectivity index (χ2n) is 5.07. The Hall–Kier alpha value is -0.0100. The Labute approximate surface area is 122 Å².